The van der Waals surface area contributed by atoms with Crippen molar-refractivity contribution >= 4 is 12.4 Å². The van der Waals surface area contributed by atoms with Gasteiger partial charge in [-0.1, -0.05) is 6.07 Å². The van der Waals surface area contributed by atoms with E-state index in [0.29, 0.717) is 25.4 Å². The maximum Gasteiger partial charge on any atom is 0.161 e. The molecule has 0 spiro atoms. The smallest absolute Gasteiger partial charge is 0.161 e. The van der Waals surface area contributed by atoms with Crippen LogP contribution in [0.25, 0.3) is 0 Å². The van der Waals surface area contributed by atoms with Crippen LogP contribution in [-0.2, 0) is 0 Å². The van der Waals surface area contributed by atoms with Gasteiger partial charge >= 0.3 is 0 Å². The lowest BCUT2D eigenvalue weighted by Crippen LogP contribution is -2.16. The Morgan fingerprint density at radius 1 is 1.31 bits per heavy atom. The second-order valence-electron chi connectivity index (χ2n) is 3.37. The Kier molecular flexibility index (Phi) is 4.41. The van der Waals surface area contributed by atoms with Crippen molar-refractivity contribution in [1.29, 1.82) is 5.26 Å². The molecule has 2 rings (SSSR count). The average molecular weight is 241 g/mol. The molecule has 0 aromatic heterocycles. The zero-order valence-electron chi connectivity index (χ0n) is 8.68. The number of hydrogen-bond acceptors (Lipinski definition) is 4. The Morgan fingerprint density at radius 3 is 2.69 bits per heavy atom. The van der Waals surface area contributed by atoms with Crippen molar-refractivity contribution in [3.63, 3.8) is 0 Å². The molecule has 1 aliphatic rings. The summed E-state index contributed by atoms with van der Waals surface area (Å²) in [6, 6.07) is 7.34. The molecule has 0 saturated carbocycles. The minimum atomic E-state index is -0.258. The number of ether oxygens (including phenoxy) is 2. The topological polar surface area (TPSA) is 68.3 Å². The number of nitrogens with zero attached hydrogens (tertiary/aromatic N) is 1. The normalized spacial score (nSPS) is 14.5. The fourth-order valence-electron chi connectivity index (χ4n) is 1.51. The van der Waals surface area contributed by atoms with Crippen molar-refractivity contribution in [1.82, 2.24) is 0 Å². The van der Waals surface area contributed by atoms with E-state index in [0.717, 1.165) is 11.3 Å². The molecule has 4 nitrogen and oxygen atoms in total. The standard InChI is InChI=1S/C11H12N2O2.ClH/c12-4-3-9(13)8-1-2-10-11(7-8)15-6-5-14-10;/h1-2,7,9H,3,5-6,13H2;1H/t9-;/m1./s1. The van der Waals surface area contributed by atoms with Gasteiger partial charge in [0.1, 0.15) is 13.2 Å². The van der Waals surface area contributed by atoms with Crippen LogP contribution in [0.1, 0.15) is 18.0 Å². The van der Waals surface area contributed by atoms with Gasteiger partial charge in [0.25, 0.3) is 0 Å². The van der Waals surface area contributed by atoms with E-state index in [1.807, 2.05) is 24.3 Å². The first-order chi connectivity index (χ1) is 7.31. The molecule has 0 fully saturated rings. The molecule has 1 heterocycles. The van der Waals surface area contributed by atoms with Gasteiger partial charge in [0.05, 0.1) is 12.5 Å². The van der Waals surface area contributed by atoms with Gasteiger partial charge in [-0.15, -0.1) is 12.4 Å². The van der Waals surface area contributed by atoms with Crippen LogP contribution in [0, 0.1) is 11.3 Å². The number of hydrogen-bond donors (Lipinski definition) is 1. The summed E-state index contributed by atoms with van der Waals surface area (Å²) in [4.78, 5) is 0. The third kappa shape index (κ3) is 2.57. The van der Waals surface area contributed by atoms with Crippen molar-refractivity contribution in [2.75, 3.05) is 13.2 Å². The summed E-state index contributed by atoms with van der Waals surface area (Å²) >= 11 is 0. The monoisotopic (exact) mass is 240 g/mol. The second-order valence-corrected chi connectivity index (χ2v) is 3.37. The van der Waals surface area contributed by atoms with Crippen LogP contribution in [0.5, 0.6) is 11.5 Å². The summed E-state index contributed by atoms with van der Waals surface area (Å²) in [6.45, 7) is 1.14. The number of nitriles is 1. The Morgan fingerprint density at radius 2 is 2.00 bits per heavy atom. The van der Waals surface area contributed by atoms with Crippen molar-refractivity contribution in [2.45, 2.75) is 12.5 Å². The molecule has 0 saturated heterocycles. The van der Waals surface area contributed by atoms with Crippen LogP contribution < -0.4 is 15.2 Å². The molecule has 0 bridgehead atoms. The summed E-state index contributed by atoms with van der Waals surface area (Å²) < 4.78 is 10.8. The van der Waals surface area contributed by atoms with E-state index in [-0.39, 0.29) is 18.4 Å². The third-order valence-corrected chi connectivity index (χ3v) is 2.31. The Bertz CT molecular complexity index is 403. The number of halogens is 1. The molecule has 1 aromatic carbocycles. The van der Waals surface area contributed by atoms with Gasteiger partial charge < -0.3 is 15.2 Å². The molecular formula is C11H13ClN2O2. The van der Waals surface area contributed by atoms with E-state index >= 15 is 0 Å². The van der Waals surface area contributed by atoms with E-state index in [9.17, 15) is 0 Å². The summed E-state index contributed by atoms with van der Waals surface area (Å²) in [5.74, 6) is 1.46. The highest BCUT2D eigenvalue weighted by molar-refractivity contribution is 5.85. The number of nitrogens with two attached hydrogens (primary N) is 1. The molecule has 1 aromatic rings. The van der Waals surface area contributed by atoms with Crippen molar-refractivity contribution in [3.8, 4) is 17.6 Å². The average Bonchev–Trinajstić information content (AvgIpc) is 2.29. The van der Waals surface area contributed by atoms with Gasteiger partial charge in [-0.2, -0.15) is 5.26 Å². The summed E-state index contributed by atoms with van der Waals surface area (Å²) in [6.07, 6.45) is 0.305. The van der Waals surface area contributed by atoms with Crippen LogP contribution in [0.15, 0.2) is 18.2 Å². The predicted molar refractivity (Wildman–Crippen MR) is 61.8 cm³/mol. The molecule has 2 N–H and O–H groups in total. The first kappa shape index (κ1) is 12.6. The van der Waals surface area contributed by atoms with E-state index in [4.69, 9.17) is 20.5 Å². The van der Waals surface area contributed by atoms with Crippen LogP contribution in [-0.4, -0.2) is 13.2 Å². The number of benzene rings is 1. The molecular weight excluding hydrogens is 228 g/mol. The molecule has 0 aliphatic carbocycles. The van der Waals surface area contributed by atoms with Gasteiger partial charge in [0.2, 0.25) is 0 Å². The maximum atomic E-state index is 8.55. The van der Waals surface area contributed by atoms with Crippen molar-refractivity contribution in [3.05, 3.63) is 23.8 Å². The maximum absolute atomic E-state index is 8.55. The Hall–Kier alpha value is -1.44. The lowest BCUT2D eigenvalue weighted by molar-refractivity contribution is 0.171. The van der Waals surface area contributed by atoms with E-state index < -0.39 is 0 Å². The van der Waals surface area contributed by atoms with Crippen LogP contribution in [0.4, 0.5) is 0 Å². The quantitative estimate of drug-likeness (QED) is 0.856. The molecule has 0 unspecified atom stereocenters. The summed E-state index contributed by atoms with van der Waals surface area (Å²) in [5, 5.41) is 8.55. The molecule has 1 atom stereocenters. The molecule has 16 heavy (non-hydrogen) atoms. The van der Waals surface area contributed by atoms with E-state index in [2.05, 4.69) is 0 Å². The third-order valence-electron chi connectivity index (χ3n) is 2.31. The summed E-state index contributed by atoms with van der Waals surface area (Å²) in [7, 11) is 0. The zero-order valence-corrected chi connectivity index (χ0v) is 9.50. The summed E-state index contributed by atoms with van der Waals surface area (Å²) in [5.41, 5.74) is 6.72. The van der Waals surface area contributed by atoms with Crippen LogP contribution in [0.3, 0.4) is 0 Å². The highest BCUT2D eigenvalue weighted by Crippen LogP contribution is 2.32. The van der Waals surface area contributed by atoms with Crippen molar-refractivity contribution < 1.29 is 9.47 Å². The van der Waals surface area contributed by atoms with Gasteiger partial charge in [0.15, 0.2) is 11.5 Å². The number of rotatable bonds is 2. The molecule has 1 aliphatic heterocycles. The largest absolute Gasteiger partial charge is 0.486 e. The fraction of sp³-hybridized carbons (Fsp3) is 0.364. The van der Waals surface area contributed by atoms with Gasteiger partial charge in [-0.25, -0.2) is 0 Å². The lowest BCUT2D eigenvalue weighted by Gasteiger charge is -2.19. The molecule has 0 radical (unpaired) electrons. The highest BCUT2D eigenvalue weighted by Gasteiger charge is 2.14. The number of fused-ring (bicyclic) bond motifs is 1. The predicted octanol–water partition coefficient (Wildman–Crippen LogP) is 1.79. The van der Waals surface area contributed by atoms with Gasteiger partial charge in [0, 0.05) is 6.04 Å². The molecule has 86 valence electrons. The Balaban J connectivity index is 0.00000128. The minimum Gasteiger partial charge on any atom is -0.486 e. The zero-order chi connectivity index (χ0) is 10.7. The van der Waals surface area contributed by atoms with Crippen LogP contribution >= 0.6 is 12.4 Å². The highest BCUT2D eigenvalue weighted by atomic mass is 35.5. The lowest BCUT2D eigenvalue weighted by atomic mass is 10.0. The van der Waals surface area contributed by atoms with Gasteiger partial charge in [-0.05, 0) is 17.7 Å². The van der Waals surface area contributed by atoms with Crippen molar-refractivity contribution in [2.24, 2.45) is 5.73 Å². The first-order valence-electron chi connectivity index (χ1n) is 4.83. The minimum absolute atomic E-state index is 0. The van der Waals surface area contributed by atoms with Crippen LogP contribution in [0.2, 0.25) is 0 Å². The van der Waals surface area contributed by atoms with Gasteiger partial charge in [-0.3, -0.25) is 0 Å². The Labute approximate surface area is 100 Å². The molecule has 5 heteroatoms. The van der Waals surface area contributed by atoms with E-state index in [1.54, 1.807) is 0 Å². The first-order valence-corrected chi connectivity index (χ1v) is 4.83. The SMILES string of the molecule is Cl.N#CC[C@@H](N)c1ccc2c(c1)OCCO2. The van der Waals surface area contributed by atoms with E-state index in [1.165, 1.54) is 0 Å². The second kappa shape index (κ2) is 5.59. The fourth-order valence-corrected chi connectivity index (χ4v) is 1.51. The molecule has 0 amide bonds.